The van der Waals surface area contributed by atoms with Crippen molar-refractivity contribution in [2.75, 3.05) is 0 Å². The molecular formula is C10H20. The highest BCUT2D eigenvalue weighted by Crippen LogP contribution is 2.57. The van der Waals surface area contributed by atoms with Crippen LogP contribution in [0, 0.1) is 23.7 Å². The molecule has 0 spiro atoms. The van der Waals surface area contributed by atoms with Crippen molar-refractivity contribution in [2.24, 2.45) is 23.7 Å². The summed E-state index contributed by atoms with van der Waals surface area (Å²) >= 11 is 0. The Morgan fingerprint density at radius 2 is 1.60 bits per heavy atom. The molecule has 0 heterocycles. The molecular weight excluding hydrogens is 120 g/mol. The molecule has 0 bridgehead atoms. The van der Waals surface area contributed by atoms with Gasteiger partial charge in [-0.05, 0) is 36.5 Å². The van der Waals surface area contributed by atoms with Gasteiger partial charge in [0.05, 0.1) is 0 Å². The van der Waals surface area contributed by atoms with E-state index < -0.39 is 0 Å². The fourth-order valence-corrected chi connectivity index (χ4v) is 2.30. The molecule has 10 heavy (non-hydrogen) atoms. The van der Waals surface area contributed by atoms with E-state index in [0.717, 1.165) is 17.8 Å². The SMILES string of the molecule is CC.CC1CC2CC2C1C. The largest absolute Gasteiger partial charge is 0.0683 e. The molecule has 0 aliphatic heterocycles. The van der Waals surface area contributed by atoms with Crippen LogP contribution in [-0.2, 0) is 0 Å². The van der Waals surface area contributed by atoms with E-state index in [2.05, 4.69) is 13.8 Å². The van der Waals surface area contributed by atoms with Crippen LogP contribution in [0.25, 0.3) is 0 Å². The van der Waals surface area contributed by atoms with Gasteiger partial charge in [-0.2, -0.15) is 0 Å². The maximum Gasteiger partial charge on any atom is -0.0355 e. The molecule has 0 heteroatoms. The highest BCUT2D eigenvalue weighted by atomic mass is 14.5. The Kier molecular flexibility index (Phi) is 2.38. The van der Waals surface area contributed by atoms with Crippen molar-refractivity contribution in [3.8, 4) is 0 Å². The quantitative estimate of drug-likeness (QED) is 0.484. The Balaban J connectivity index is 0.000000231. The van der Waals surface area contributed by atoms with Gasteiger partial charge in [-0.15, -0.1) is 0 Å². The second-order valence-electron chi connectivity index (χ2n) is 3.73. The van der Waals surface area contributed by atoms with Gasteiger partial charge in [0.15, 0.2) is 0 Å². The van der Waals surface area contributed by atoms with Crippen molar-refractivity contribution in [2.45, 2.75) is 40.5 Å². The standard InChI is InChI=1S/C8H14.C2H6/c1-5-3-7-4-8(7)6(5)2;1-2/h5-8H,3-4H2,1-2H3;1-2H3. The van der Waals surface area contributed by atoms with Gasteiger partial charge in [-0.25, -0.2) is 0 Å². The van der Waals surface area contributed by atoms with Crippen LogP contribution in [0.2, 0.25) is 0 Å². The first-order chi connectivity index (χ1) is 4.79. The van der Waals surface area contributed by atoms with E-state index in [-0.39, 0.29) is 0 Å². The maximum atomic E-state index is 2.42. The van der Waals surface area contributed by atoms with Crippen LogP contribution in [-0.4, -0.2) is 0 Å². The zero-order valence-corrected chi connectivity index (χ0v) is 7.72. The highest BCUT2D eigenvalue weighted by molar-refractivity contribution is 4.98. The summed E-state index contributed by atoms with van der Waals surface area (Å²) in [5.41, 5.74) is 0. The molecule has 2 rings (SSSR count). The van der Waals surface area contributed by atoms with Crippen molar-refractivity contribution in [1.82, 2.24) is 0 Å². The molecule has 0 nitrogen and oxygen atoms in total. The van der Waals surface area contributed by atoms with Crippen LogP contribution in [0.15, 0.2) is 0 Å². The summed E-state index contributed by atoms with van der Waals surface area (Å²) in [5.74, 6) is 4.42. The molecule has 2 aliphatic carbocycles. The van der Waals surface area contributed by atoms with E-state index in [4.69, 9.17) is 0 Å². The van der Waals surface area contributed by atoms with Gasteiger partial charge in [0.25, 0.3) is 0 Å². The average molecular weight is 140 g/mol. The topological polar surface area (TPSA) is 0 Å². The minimum absolute atomic E-state index is 1.04. The Morgan fingerprint density at radius 3 is 1.80 bits per heavy atom. The highest BCUT2D eigenvalue weighted by Gasteiger charge is 2.49. The van der Waals surface area contributed by atoms with Crippen LogP contribution < -0.4 is 0 Å². The summed E-state index contributed by atoms with van der Waals surface area (Å²) in [6.45, 7) is 8.82. The number of rotatable bonds is 0. The normalized spacial score (nSPS) is 49.2. The number of hydrogen-bond donors (Lipinski definition) is 0. The molecule has 2 fully saturated rings. The predicted molar refractivity (Wildman–Crippen MR) is 45.9 cm³/mol. The first-order valence-electron chi connectivity index (χ1n) is 4.79. The molecule has 0 N–H and O–H groups in total. The smallest absolute Gasteiger partial charge is 0.0355 e. The van der Waals surface area contributed by atoms with E-state index >= 15 is 0 Å². The Morgan fingerprint density at radius 1 is 1.00 bits per heavy atom. The molecule has 2 aliphatic rings. The van der Waals surface area contributed by atoms with E-state index in [1.165, 1.54) is 12.3 Å². The second kappa shape index (κ2) is 2.94. The zero-order valence-electron chi connectivity index (χ0n) is 7.72. The van der Waals surface area contributed by atoms with Gasteiger partial charge in [-0.3, -0.25) is 0 Å². The van der Waals surface area contributed by atoms with Crippen LogP contribution in [0.1, 0.15) is 40.5 Å². The van der Waals surface area contributed by atoms with Gasteiger partial charge < -0.3 is 0 Å². The van der Waals surface area contributed by atoms with E-state index in [1.54, 1.807) is 6.42 Å². The van der Waals surface area contributed by atoms with Crippen LogP contribution >= 0.6 is 0 Å². The minimum Gasteiger partial charge on any atom is -0.0683 e. The summed E-state index contributed by atoms with van der Waals surface area (Å²) in [6, 6.07) is 0. The third kappa shape index (κ3) is 1.21. The second-order valence-corrected chi connectivity index (χ2v) is 3.73. The number of fused-ring (bicyclic) bond motifs is 1. The molecule has 0 radical (unpaired) electrons. The van der Waals surface area contributed by atoms with Crippen molar-refractivity contribution in [3.05, 3.63) is 0 Å². The first-order valence-corrected chi connectivity index (χ1v) is 4.79. The van der Waals surface area contributed by atoms with Crippen LogP contribution in [0.5, 0.6) is 0 Å². The zero-order chi connectivity index (χ0) is 7.72. The lowest BCUT2D eigenvalue weighted by Crippen LogP contribution is -2.02. The van der Waals surface area contributed by atoms with Crippen molar-refractivity contribution in [3.63, 3.8) is 0 Å². The molecule has 0 aromatic carbocycles. The average Bonchev–Trinajstić information content (AvgIpc) is 2.65. The Labute approximate surface area is 65.0 Å². The van der Waals surface area contributed by atoms with Gasteiger partial charge in [0.1, 0.15) is 0 Å². The molecule has 0 aromatic rings. The summed E-state index contributed by atoms with van der Waals surface area (Å²) in [7, 11) is 0. The third-order valence-electron chi connectivity index (χ3n) is 3.22. The lowest BCUT2D eigenvalue weighted by atomic mass is 9.95. The lowest BCUT2D eigenvalue weighted by molar-refractivity contribution is 0.394. The van der Waals surface area contributed by atoms with Crippen LogP contribution in [0.4, 0.5) is 0 Å². The van der Waals surface area contributed by atoms with E-state index in [9.17, 15) is 0 Å². The minimum atomic E-state index is 1.04. The summed E-state index contributed by atoms with van der Waals surface area (Å²) < 4.78 is 0. The Hall–Kier alpha value is 0. The number of hydrogen-bond acceptors (Lipinski definition) is 0. The Bertz CT molecular complexity index is 105. The van der Waals surface area contributed by atoms with Crippen molar-refractivity contribution < 1.29 is 0 Å². The van der Waals surface area contributed by atoms with Crippen LogP contribution in [0.3, 0.4) is 0 Å². The molecule has 0 aromatic heterocycles. The monoisotopic (exact) mass is 140 g/mol. The fraction of sp³-hybridized carbons (Fsp3) is 1.00. The van der Waals surface area contributed by atoms with Crippen molar-refractivity contribution in [1.29, 1.82) is 0 Å². The van der Waals surface area contributed by atoms with Gasteiger partial charge in [0, 0.05) is 0 Å². The first kappa shape index (κ1) is 8.10. The molecule has 4 unspecified atom stereocenters. The third-order valence-corrected chi connectivity index (χ3v) is 3.22. The molecule has 60 valence electrons. The maximum absolute atomic E-state index is 2.42. The van der Waals surface area contributed by atoms with Gasteiger partial charge in [0.2, 0.25) is 0 Å². The summed E-state index contributed by atoms with van der Waals surface area (Å²) in [5, 5.41) is 0. The molecule has 4 atom stereocenters. The molecule has 2 saturated carbocycles. The lowest BCUT2D eigenvalue weighted by Gasteiger charge is -2.10. The van der Waals surface area contributed by atoms with Gasteiger partial charge in [-0.1, -0.05) is 27.7 Å². The van der Waals surface area contributed by atoms with Crippen molar-refractivity contribution >= 4 is 0 Å². The molecule has 0 saturated heterocycles. The van der Waals surface area contributed by atoms with Gasteiger partial charge >= 0.3 is 0 Å². The summed E-state index contributed by atoms with van der Waals surface area (Å²) in [6.07, 6.45) is 3.09. The fourth-order valence-electron chi connectivity index (χ4n) is 2.30. The van der Waals surface area contributed by atoms with E-state index in [1.807, 2.05) is 13.8 Å². The molecule has 0 amide bonds. The van der Waals surface area contributed by atoms with E-state index in [0.29, 0.717) is 0 Å². The predicted octanol–water partition coefficient (Wildman–Crippen LogP) is 3.32. The summed E-state index contributed by atoms with van der Waals surface area (Å²) in [4.78, 5) is 0.